The standard InChI is InChI=1S/C9H17N5O2S2/c1-10-6-8-2-4-14(5-3-8)18(15,16)13-9-12-11-7-17-9/h7-8,10H,2-6H2,1H3,(H,12,13). The Hall–Kier alpha value is -0.770. The second-order valence-electron chi connectivity index (χ2n) is 4.25. The van der Waals surface area contributed by atoms with Gasteiger partial charge in [-0.1, -0.05) is 11.3 Å². The van der Waals surface area contributed by atoms with Gasteiger partial charge in [-0.05, 0) is 32.4 Å². The van der Waals surface area contributed by atoms with Gasteiger partial charge in [0.2, 0.25) is 5.13 Å². The van der Waals surface area contributed by atoms with Crippen LogP contribution in [-0.2, 0) is 10.2 Å². The van der Waals surface area contributed by atoms with Crippen molar-refractivity contribution in [3.05, 3.63) is 5.51 Å². The van der Waals surface area contributed by atoms with Gasteiger partial charge in [0.05, 0.1) is 0 Å². The second-order valence-corrected chi connectivity index (χ2v) is 6.75. The number of aromatic nitrogens is 2. The van der Waals surface area contributed by atoms with Crippen LogP contribution in [0.25, 0.3) is 0 Å². The van der Waals surface area contributed by atoms with Crippen LogP contribution in [0.2, 0.25) is 0 Å². The van der Waals surface area contributed by atoms with Crippen molar-refractivity contribution in [3.63, 3.8) is 0 Å². The van der Waals surface area contributed by atoms with Gasteiger partial charge in [0.25, 0.3) is 0 Å². The van der Waals surface area contributed by atoms with Crippen LogP contribution in [0, 0.1) is 5.92 Å². The number of hydrogen-bond acceptors (Lipinski definition) is 6. The smallest absolute Gasteiger partial charge is 0.303 e. The molecule has 1 aromatic heterocycles. The van der Waals surface area contributed by atoms with Gasteiger partial charge in [-0.15, -0.1) is 10.2 Å². The van der Waals surface area contributed by atoms with E-state index in [-0.39, 0.29) is 0 Å². The molecule has 7 nitrogen and oxygen atoms in total. The molecule has 1 aliphatic heterocycles. The zero-order valence-corrected chi connectivity index (χ0v) is 11.8. The fraction of sp³-hybridized carbons (Fsp3) is 0.778. The highest BCUT2D eigenvalue weighted by molar-refractivity contribution is 7.90. The van der Waals surface area contributed by atoms with Crippen LogP contribution < -0.4 is 10.0 Å². The van der Waals surface area contributed by atoms with Crippen LogP contribution >= 0.6 is 11.3 Å². The van der Waals surface area contributed by atoms with Gasteiger partial charge in [-0.3, -0.25) is 0 Å². The van der Waals surface area contributed by atoms with Crippen molar-refractivity contribution in [2.75, 3.05) is 31.4 Å². The summed E-state index contributed by atoms with van der Waals surface area (Å²) in [7, 11) is -1.56. The Morgan fingerprint density at radius 2 is 2.22 bits per heavy atom. The zero-order chi connectivity index (χ0) is 13.0. The topological polar surface area (TPSA) is 87.2 Å². The summed E-state index contributed by atoms with van der Waals surface area (Å²) in [5.41, 5.74) is 1.50. The summed E-state index contributed by atoms with van der Waals surface area (Å²) in [4.78, 5) is 0. The average molecular weight is 291 g/mol. The summed E-state index contributed by atoms with van der Waals surface area (Å²) in [6, 6.07) is 0. The molecule has 0 aromatic carbocycles. The first kappa shape index (κ1) is 13.7. The number of rotatable bonds is 5. The largest absolute Gasteiger partial charge is 0.319 e. The lowest BCUT2D eigenvalue weighted by molar-refractivity contribution is 0.272. The van der Waals surface area contributed by atoms with E-state index < -0.39 is 10.2 Å². The molecule has 18 heavy (non-hydrogen) atoms. The Balaban J connectivity index is 1.92. The van der Waals surface area contributed by atoms with E-state index in [0.717, 1.165) is 19.4 Å². The monoisotopic (exact) mass is 291 g/mol. The van der Waals surface area contributed by atoms with Crippen molar-refractivity contribution >= 4 is 26.7 Å². The lowest BCUT2D eigenvalue weighted by Crippen LogP contribution is -2.43. The minimum atomic E-state index is -3.47. The predicted molar refractivity (Wildman–Crippen MR) is 70.7 cm³/mol. The summed E-state index contributed by atoms with van der Waals surface area (Å²) in [6.45, 7) is 2.05. The van der Waals surface area contributed by atoms with Gasteiger partial charge >= 0.3 is 10.2 Å². The Kier molecular flexibility index (Phi) is 4.49. The minimum Gasteiger partial charge on any atom is -0.319 e. The molecule has 9 heteroatoms. The first-order valence-corrected chi connectivity index (χ1v) is 8.12. The molecule has 0 aliphatic carbocycles. The zero-order valence-electron chi connectivity index (χ0n) is 10.2. The fourth-order valence-electron chi connectivity index (χ4n) is 2.03. The number of nitrogens with zero attached hydrogens (tertiary/aromatic N) is 3. The SMILES string of the molecule is CNCC1CCN(S(=O)(=O)Nc2nncs2)CC1. The van der Waals surface area contributed by atoms with E-state index >= 15 is 0 Å². The molecule has 0 amide bonds. The van der Waals surface area contributed by atoms with E-state index in [1.165, 1.54) is 21.2 Å². The quantitative estimate of drug-likeness (QED) is 0.805. The van der Waals surface area contributed by atoms with Crippen LogP contribution in [0.5, 0.6) is 0 Å². The maximum Gasteiger partial charge on any atom is 0.303 e. The molecule has 1 aliphatic rings. The molecule has 2 rings (SSSR count). The van der Waals surface area contributed by atoms with Crippen LogP contribution in [0.3, 0.4) is 0 Å². The second kappa shape index (κ2) is 5.91. The van der Waals surface area contributed by atoms with Crippen molar-refractivity contribution in [1.29, 1.82) is 0 Å². The number of anilines is 1. The first-order chi connectivity index (χ1) is 8.62. The summed E-state index contributed by atoms with van der Waals surface area (Å²) in [5, 5.41) is 10.7. The molecule has 0 radical (unpaired) electrons. The third kappa shape index (κ3) is 3.37. The van der Waals surface area contributed by atoms with Crippen molar-refractivity contribution in [3.8, 4) is 0 Å². The van der Waals surface area contributed by atoms with Crippen LogP contribution in [-0.4, -0.2) is 49.6 Å². The van der Waals surface area contributed by atoms with E-state index in [9.17, 15) is 8.42 Å². The number of nitrogens with one attached hydrogen (secondary N) is 2. The van der Waals surface area contributed by atoms with Gasteiger partial charge in [0.1, 0.15) is 5.51 Å². The molecule has 1 aromatic rings. The molecule has 0 saturated carbocycles. The molecule has 2 N–H and O–H groups in total. The third-order valence-corrected chi connectivity index (χ3v) is 5.21. The molecule has 2 heterocycles. The van der Waals surface area contributed by atoms with Crippen LogP contribution in [0.1, 0.15) is 12.8 Å². The maximum atomic E-state index is 12.1. The maximum absolute atomic E-state index is 12.1. The van der Waals surface area contributed by atoms with Gasteiger partial charge < -0.3 is 5.32 Å². The first-order valence-electron chi connectivity index (χ1n) is 5.80. The normalized spacial score (nSPS) is 18.9. The van der Waals surface area contributed by atoms with E-state index in [0.29, 0.717) is 24.1 Å². The Morgan fingerprint density at radius 3 is 2.78 bits per heavy atom. The highest BCUT2D eigenvalue weighted by Gasteiger charge is 2.28. The lowest BCUT2D eigenvalue weighted by Gasteiger charge is -2.30. The van der Waals surface area contributed by atoms with Gasteiger partial charge in [-0.2, -0.15) is 12.7 Å². The van der Waals surface area contributed by atoms with Crippen molar-refractivity contribution in [2.45, 2.75) is 12.8 Å². The lowest BCUT2D eigenvalue weighted by atomic mass is 9.98. The van der Waals surface area contributed by atoms with Crippen molar-refractivity contribution in [1.82, 2.24) is 19.8 Å². The molecule has 1 fully saturated rings. The predicted octanol–water partition coefficient (Wildman–Crippen LogP) is 0.126. The molecule has 0 spiro atoms. The van der Waals surface area contributed by atoms with E-state index in [4.69, 9.17) is 0 Å². The molecular formula is C9H17N5O2S2. The highest BCUT2D eigenvalue weighted by atomic mass is 32.2. The van der Waals surface area contributed by atoms with Gasteiger partial charge in [-0.25, -0.2) is 4.72 Å². The van der Waals surface area contributed by atoms with Gasteiger partial charge in [0.15, 0.2) is 0 Å². The fourth-order valence-corrected chi connectivity index (χ4v) is 3.91. The summed E-state index contributed by atoms with van der Waals surface area (Å²) < 4.78 is 28.0. The molecule has 0 bridgehead atoms. The highest BCUT2D eigenvalue weighted by Crippen LogP contribution is 2.20. The number of hydrogen-bond donors (Lipinski definition) is 2. The van der Waals surface area contributed by atoms with E-state index in [1.807, 2.05) is 7.05 Å². The Morgan fingerprint density at radius 1 is 1.50 bits per heavy atom. The summed E-state index contributed by atoms with van der Waals surface area (Å²) >= 11 is 1.17. The van der Waals surface area contributed by atoms with Crippen molar-refractivity contribution < 1.29 is 8.42 Å². The van der Waals surface area contributed by atoms with E-state index in [1.54, 1.807) is 0 Å². The average Bonchev–Trinajstić information content (AvgIpc) is 2.82. The molecule has 1 saturated heterocycles. The summed E-state index contributed by atoms with van der Waals surface area (Å²) in [6.07, 6.45) is 1.77. The minimum absolute atomic E-state index is 0.312. The number of piperidine rings is 1. The summed E-state index contributed by atoms with van der Waals surface area (Å²) in [5.74, 6) is 0.558. The third-order valence-electron chi connectivity index (χ3n) is 2.98. The van der Waals surface area contributed by atoms with E-state index in [2.05, 4.69) is 20.2 Å². The Labute approximate surface area is 111 Å². The molecule has 0 unspecified atom stereocenters. The molecule has 0 atom stereocenters. The Bertz CT molecular complexity index is 453. The molecule has 102 valence electrons. The molecular weight excluding hydrogens is 274 g/mol. The van der Waals surface area contributed by atoms with Crippen LogP contribution in [0.15, 0.2) is 5.51 Å². The van der Waals surface area contributed by atoms with Crippen molar-refractivity contribution in [2.24, 2.45) is 5.92 Å². The van der Waals surface area contributed by atoms with Gasteiger partial charge in [0, 0.05) is 13.1 Å². The van der Waals surface area contributed by atoms with Crippen LogP contribution in [0.4, 0.5) is 5.13 Å².